The molecule has 0 aliphatic carbocycles. The molecule has 2 aromatic heterocycles. The van der Waals surface area contributed by atoms with Crippen LogP contribution >= 0.6 is 0 Å². The van der Waals surface area contributed by atoms with Crippen molar-refractivity contribution in [2.75, 3.05) is 13.1 Å². The van der Waals surface area contributed by atoms with E-state index in [2.05, 4.69) is 34.0 Å². The van der Waals surface area contributed by atoms with Gasteiger partial charge in [-0.05, 0) is 49.9 Å². The van der Waals surface area contributed by atoms with Crippen LogP contribution in [0.5, 0.6) is 0 Å². The summed E-state index contributed by atoms with van der Waals surface area (Å²) in [5.74, 6) is 1.33. The van der Waals surface area contributed by atoms with E-state index in [-0.39, 0.29) is 11.9 Å². The van der Waals surface area contributed by atoms with Gasteiger partial charge in [0.2, 0.25) is 0 Å². The predicted octanol–water partition coefficient (Wildman–Crippen LogP) is 3.67. The Morgan fingerprint density at radius 2 is 2.11 bits per heavy atom. The number of carbonyl (C=O) groups excluding carboxylic acids is 1. The van der Waals surface area contributed by atoms with E-state index >= 15 is 0 Å². The van der Waals surface area contributed by atoms with Crippen molar-refractivity contribution in [1.82, 2.24) is 24.8 Å². The average Bonchev–Trinajstić information content (AvgIpc) is 3.06. The molecule has 1 aliphatic heterocycles. The van der Waals surface area contributed by atoms with Gasteiger partial charge in [-0.15, -0.1) is 0 Å². The van der Waals surface area contributed by atoms with Crippen molar-refractivity contribution in [3.63, 3.8) is 0 Å². The molecule has 1 N–H and O–H groups in total. The number of piperidine rings is 1. The lowest BCUT2D eigenvalue weighted by Crippen LogP contribution is -2.45. The SMILES string of the molecule is Cc1cc(CNC(=O)N2CCCC(c3nc4ccccc4n3C)C2)cnc1C. The van der Waals surface area contributed by atoms with Crippen molar-refractivity contribution in [1.29, 1.82) is 0 Å². The Morgan fingerprint density at radius 3 is 2.89 bits per heavy atom. The molecule has 1 aliphatic rings. The lowest BCUT2D eigenvalue weighted by molar-refractivity contribution is 0.177. The highest BCUT2D eigenvalue weighted by Gasteiger charge is 2.27. The fraction of sp³-hybridized carbons (Fsp3) is 0.409. The maximum absolute atomic E-state index is 12.7. The summed E-state index contributed by atoms with van der Waals surface area (Å²) in [6.07, 6.45) is 3.88. The van der Waals surface area contributed by atoms with Crippen LogP contribution in [0.25, 0.3) is 11.0 Å². The number of likely N-dealkylation sites (tertiary alicyclic amines) is 1. The molecule has 1 saturated heterocycles. The molecule has 6 nitrogen and oxygen atoms in total. The largest absolute Gasteiger partial charge is 0.334 e. The minimum Gasteiger partial charge on any atom is -0.334 e. The van der Waals surface area contributed by atoms with E-state index in [0.29, 0.717) is 13.1 Å². The quantitative estimate of drug-likeness (QED) is 0.757. The van der Waals surface area contributed by atoms with Crippen LogP contribution in [0.3, 0.4) is 0 Å². The van der Waals surface area contributed by atoms with Crippen molar-refractivity contribution in [3.05, 3.63) is 59.2 Å². The summed E-state index contributed by atoms with van der Waals surface area (Å²) in [5, 5.41) is 3.05. The number of nitrogens with one attached hydrogen (secondary N) is 1. The van der Waals surface area contributed by atoms with Gasteiger partial charge < -0.3 is 14.8 Å². The smallest absolute Gasteiger partial charge is 0.317 e. The summed E-state index contributed by atoms with van der Waals surface area (Å²) >= 11 is 0. The zero-order chi connectivity index (χ0) is 19.7. The molecule has 1 fully saturated rings. The maximum Gasteiger partial charge on any atom is 0.317 e. The van der Waals surface area contributed by atoms with Crippen molar-refractivity contribution in [2.24, 2.45) is 7.05 Å². The van der Waals surface area contributed by atoms with Crippen LogP contribution in [0, 0.1) is 13.8 Å². The number of hydrogen-bond acceptors (Lipinski definition) is 3. The topological polar surface area (TPSA) is 63.1 Å². The van der Waals surface area contributed by atoms with Gasteiger partial charge in [-0.3, -0.25) is 4.98 Å². The van der Waals surface area contributed by atoms with E-state index in [9.17, 15) is 4.79 Å². The molecule has 1 unspecified atom stereocenters. The van der Waals surface area contributed by atoms with Crippen LogP contribution < -0.4 is 5.32 Å². The van der Waals surface area contributed by atoms with Crippen LogP contribution in [0.15, 0.2) is 36.5 Å². The van der Waals surface area contributed by atoms with Gasteiger partial charge in [-0.1, -0.05) is 18.2 Å². The molecule has 0 saturated carbocycles. The fourth-order valence-electron chi connectivity index (χ4n) is 3.99. The molecule has 1 atom stereocenters. The Labute approximate surface area is 165 Å². The van der Waals surface area contributed by atoms with Gasteiger partial charge in [-0.2, -0.15) is 0 Å². The van der Waals surface area contributed by atoms with E-state index in [1.165, 1.54) is 0 Å². The number of carbonyl (C=O) groups is 1. The van der Waals surface area contributed by atoms with Gasteiger partial charge >= 0.3 is 6.03 Å². The molecule has 0 radical (unpaired) electrons. The second-order valence-electron chi connectivity index (χ2n) is 7.71. The number of rotatable bonds is 3. The molecular formula is C22H27N5O. The third-order valence-electron chi connectivity index (χ3n) is 5.74. The third kappa shape index (κ3) is 3.59. The molecule has 3 heterocycles. The van der Waals surface area contributed by atoms with Gasteiger partial charge in [0.15, 0.2) is 0 Å². The number of hydrogen-bond donors (Lipinski definition) is 1. The molecule has 4 rings (SSSR count). The zero-order valence-corrected chi connectivity index (χ0v) is 16.8. The van der Waals surface area contributed by atoms with Gasteiger partial charge in [0.05, 0.1) is 11.0 Å². The van der Waals surface area contributed by atoms with Crippen molar-refractivity contribution < 1.29 is 4.79 Å². The second kappa shape index (κ2) is 7.62. The van der Waals surface area contributed by atoms with Crippen LogP contribution in [0.1, 0.15) is 41.4 Å². The third-order valence-corrected chi connectivity index (χ3v) is 5.74. The van der Waals surface area contributed by atoms with Crippen molar-refractivity contribution >= 4 is 17.1 Å². The number of para-hydroxylation sites is 2. The van der Waals surface area contributed by atoms with E-state index in [1.54, 1.807) is 0 Å². The van der Waals surface area contributed by atoms with Gasteiger partial charge in [0, 0.05) is 44.5 Å². The lowest BCUT2D eigenvalue weighted by atomic mass is 9.97. The first-order valence-corrected chi connectivity index (χ1v) is 9.89. The number of aryl methyl sites for hydroxylation is 3. The minimum absolute atomic E-state index is 0.0123. The highest BCUT2D eigenvalue weighted by Crippen LogP contribution is 2.28. The minimum atomic E-state index is -0.0123. The summed E-state index contributed by atoms with van der Waals surface area (Å²) in [7, 11) is 2.07. The Hall–Kier alpha value is -2.89. The number of benzene rings is 1. The standard InChI is InChI=1S/C22H27N5O/c1-15-11-17(12-23-16(15)2)13-24-22(28)27-10-6-7-18(14-27)21-25-19-8-4-5-9-20(19)26(21)3/h4-5,8-9,11-12,18H,6-7,10,13-14H2,1-3H3,(H,24,28). The molecule has 0 bridgehead atoms. The van der Waals surface area contributed by atoms with Crippen molar-refractivity contribution in [2.45, 2.75) is 39.2 Å². The highest BCUT2D eigenvalue weighted by molar-refractivity contribution is 5.76. The number of nitrogens with zero attached hydrogens (tertiary/aromatic N) is 4. The molecule has 6 heteroatoms. The number of imidazole rings is 1. The molecule has 146 valence electrons. The second-order valence-corrected chi connectivity index (χ2v) is 7.71. The summed E-state index contributed by atoms with van der Waals surface area (Å²) in [6.45, 7) is 6.03. The van der Waals surface area contributed by atoms with Gasteiger partial charge in [0.1, 0.15) is 5.82 Å². The van der Waals surface area contributed by atoms with Crippen LogP contribution in [0.4, 0.5) is 4.79 Å². The molecule has 0 spiro atoms. The highest BCUT2D eigenvalue weighted by atomic mass is 16.2. The fourth-order valence-corrected chi connectivity index (χ4v) is 3.99. The normalized spacial score (nSPS) is 17.1. The molecule has 28 heavy (non-hydrogen) atoms. The first-order chi connectivity index (χ1) is 13.5. The number of aromatic nitrogens is 3. The van der Waals surface area contributed by atoms with E-state index in [1.807, 2.05) is 43.1 Å². The molecule has 1 aromatic carbocycles. The first kappa shape index (κ1) is 18.5. The summed E-state index contributed by atoms with van der Waals surface area (Å²) in [4.78, 5) is 23.9. The zero-order valence-electron chi connectivity index (χ0n) is 16.8. The number of fused-ring (bicyclic) bond motifs is 1. The maximum atomic E-state index is 12.7. The average molecular weight is 377 g/mol. The Bertz CT molecular complexity index is 1010. The molecular weight excluding hydrogens is 350 g/mol. The number of urea groups is 1. The monoisotopic (exact) mass is 377 g/mol. The van der Waals surface area contributed by atoms with E-state index in [0.717, 1.165) is 53.1 Å². The summed E-state index contributed by atoms with van der Waals surface area (Å²) < 4.78 is 2.17. The Kier molecular flexibility index (Phi) is 5.03. The molecule has 3 aromatic rings. The summed E-state index contributed by atoms with van der Waals surface area (Å²) in [6, 6.07) is 10.3. The predicted molar refractivity (Wildman–Crippen MR) is 110 cm³/mol. The van der Waals surface area contributed by atoms with Gasteiger partial charge in [-0.25, -0.2) is 9.78 Å². The summed E-state index contributed by atoms with van der Waals surface area (Å²) in [5.41, 5.74) is 5.36. The lowest BCUT2D eigenvalue weighted by Gasteiger charge is -2.32. The van der Waals surface area contributed by atoms with E-state index < -0.39 is 0 Å². The number of amides is 2. The Balaban J connectivity index is 1.43. The van der Waals surface area contributed by atoms with E-state index in [4.69, 9.17) is 4.98 Å². The first-order valence-electron chi connectivity index (χ1n) is 9.89. The van der Waals surface area contributed by atoms with Crippen LogP contribution in [0.2, 0.25) is 0 Å². The van der Waals surface area contributed by atoms with Gasteiger partial charge in [0.25, 0.3) is 0 Å². The van der Waals surface area contributed by atoms with Crippen molar-refractivity contribution in [3.8, 4) is 0 Å². The van der Waals surface area contributed by atoms with Crippen LogP contribution in [-0.2, 0) is 13.6 Å². The van der Waals surface area contributed by atoms with Crippen LogP contribution in [-0.4, -0.2) is 38.6 Å². The number of pyridine rings is 1. The molecule has 2 amide bonds. The Morgan fingerprint density at radius 1 is 1.29 bits per heavy atom.